The first-order valence-electron chi connectivity index (χ1n) is 11.3. The Kier molecular flexibility index (Phi) is 8.92. The van der Waals surface area contributed by atoms with E-state index in [4.69, 9.17) is 14.2 Å². The molecule has 0 atom stereocenters. The molecule has 0 unspecified atom stereocenters. The zero-order valence-electron chi connectivity index (χ0n) is 18.9. The van der Waals surface area contributed by atoms with Crippen LogP contribution in [0.3, 0.4) is 0 Å². The summed E-state index contributed by atoms with van der Waals surface area (Å²) in [6.07, 6.45) is 2.75. The van der Waals surface area contributed by atoms with Crippen molar-refractivity contribution in [2.45, 2.75) is 33.1 Å². The van der Waals surface area contributed by atoms with Crippen molar-refractivity contribution in [3.8, 4) is 5.75 Å². The van der Waals surface area contributed by atoms with Crippen LogP contribution in [0.4, 0.5) is 11.4 Å². The summed E-state index contributed by atoms with van der Waals surface area (Å²) in [5.41, 5.74) is 2.26. The number of hydrogen-bond acceptors (Lipinski definition) is 6. The molecule has 0 aliphatic carbocycles. The smallest absolute Gasteiger partial charge is 0.340 e. The highest BCUT2D eigenvalue weighted by atomic mass is 16.5. The van der Waals surface area contributed by atoms with Crippen LogP contribution in [-0.4, -0.2) is 51.4 Å². The molecule has 0 spiro atoms. The first-order valence-corrected chi connectivity index (χ1v) is 11.3. The van der Waals surface area contributed by atoms with Crippen LogP contribution in [0.15, 0.2) is 42.5 Å². The van der Waals surface area contributed by atoms with E-state index < -0.39 is 5.97 Å². The number of ether oxygens (including phenoxy) is 3. The molecule has 32 heavy (non-hydrogen) atoms. The molecule has 0 radical (unpaired) electrons. The van der Waals surface area contributed by atoms with Gasteiger partial charge in [-0.3, -0.25) is 4.79 Å². The number of benzene rings is 2. The highest BCUT2D eigenvalue weighted by Crippen LogP contribution is 2.27. The Morgan fingerprint density at radius 2 is 1.84 bits per heavy atom. The molecule has 1 amide bonds. The van der Waals surface area contributed by atoms with E-state index in [1.807, 2.05) is 19.1 Å². The van der Waals surface area contributed by atoms with Gasteiger partial charge >= 0.3 is 5.97 Å². The number of nitrogens with one attached hydrogen (secondary N) is 1. The van der Waals surface area contributed by atoms with E-state index in [1.54, 1.807) is 30.3 Å². The van der Waals surface area contributed by atoms with Gasteiger partial charge in [-0.1, -0.05) is 26.3 Å². The Morgan fingerprint density at radius 3 is 2.59 bits per heavy atom. The van der Waals surface area contributed by atoms with Crippen LogP contribution in [0.2, 0.25) is 0 Å². The van der Waals surface area contributed by atoms with E-state index in [0.29, 0.717) is 62.1 Å². The predicted octanol–water partition coefficient (Wildman–Crippen LogP) is 4.52. The number of unbranched alkanes of at least 4 members (excludes halogenated alkanes) is 1. The second-order valence-electron chi connectivity index (χ2n) is 7.65. The van der Waals surface area contributed by atoms with Gasteiger partial charge in [0.1, 0.15) is 5.75 Å². The molecule has 0 saturated carbocycles. The van der Waals surface area contributed by atoms with Gasteiger partial charge in [0, 0.05) is 24.3 Å². The molecule has 2 aromatic carbocycles. The van der Waals surface area contributed by atoms with Crippen molar-refractivity contribution in [1.82, 2.24) is 0 Å². The number of carbonyl (C=O) groups excluding carboxylic acids is 2. The lowest BCUT2D eigenvalue weighted by atomic mass is 10.1. The predicted molar refractivity (Wildman–Crippen MR) is 125 cm³/mol. The molecule has 1 fully saturated rings. The van der Waals surface area contributed by atoms with Crippen LogP contribution in [-0.2, 0) is 9.47 Å². The Labute approximate surface area is 189 Å². The molecule has 0 bridgehead atoms. The van der Waals surface area contributed by atoms with Gasteiger partial charge in [0.15, 0.2) is 0 Å². The average Bonchev–Trinajstić information content (AvgIpc) is 2.83. The lowest BCUT2D eigenvalue weighted by Gasteiger charge is -2.30. The van der Waals surface area contributed by atoms with Crippen LogP contribution >= 0.6 is 0 Å². The molecule has 1 aliphatic heterocycles. The van der Waals surface area contributed by atoms with Gasteiger partial charge in [0.2, 0.25) is 0 Å². The van der Waals surface area contributed by atoms with E-state index in [1.165, 1.54) is 0 Å². The van der Waals surface area contributed by atoms with Gasteiger partial charge in [-0.2, -0.15) is 0 Å². The van der Waals surface area contributed by atoms with Crippen molar-refractivity contribution in [1.29, 1.82) is 0 Å². The van der Waals surface area contributed by atoms with Crippen molar-refractivity contribution >= 4 is 23.3 Å². The third-order valence-electron chi connectivity index (χ3n) is 5.13. The fourth-order valence-electron chi connectivity index (χ4n) is 3.39. The first-order chi connectivity index (χ1) is 15.6. The van der Waals surface area contributed by atoms with E-state index in [2.05, 4.69) is 17.1 Å². The van der Waals surface area contributed by atoms with Crippen molar-refractivity contribution in [3.05, 3.63) is 53.6 Å². The molecule has 1 aliphatic rings. The van der Waals surface area contributed by atoms with Crippen molar-refractivity contribution in [2.24, 2.45) is 0 Å². The molecule has 1 N–H and O–H groups in total. The average molecular weight is 441 g/mol. The molecular weight excluding hydrogens is 408 g/mol. The molecule has 1 saturated heterocycles. The Balaban J connectivity index is 1.77. The number of carbonyl (C=O) groups is 2. The summed E-state index contributed by atoms with van der Waals surface area (Å²) >= 11 is 0. The fourth-order valence-corrected chi connectivity index (χ4v) is 3.39. The number of anilines is 2. The minimum atomic E-state index is -0.393. The maximum atomic E-state index is 12.8. The monoisotopic (exact) mass is 440 g/mol. The van der Waals surface area contributed by atoms with Gasteiger partial charge in [0.05, 0.1) is 37.7 Å². The fraction of sp³-hybridized carbons (Fsp3) is 0.440. The van der Waals surface area contributed by atoms with Gasteiger partial charge < -0.3 is 24.4 Å². The maximum Gasteiger partial charge on any atom is 0.340 e. The third-order valence-corrected chi connectivity index (χ3v) is 5.13. The summed E-state index contributed by atoms with van der Waals surface area (Å²) in [6.45, 7) is 7.64. The summed E-state index contributed by atoms with van der Waals surface area (Å²) < 4.78 is 16.5. The zero-order chi connectivity index (χ0) is 22.8. The van der Waals surface area contributed by atoms with Crippen molar-refractivity contribution in [3.63, 3.8) is 0 Å². The number of rotatable bonds is 10. The van der Waals surface area contributed by atoms with Crippen LogP contribution < -0.4 is 15.0 Å². The van der Waals surface area contributed by atoms with Gasteiger partial charge in [-0.25, -0.2) is 4.79 Å². The molecule has 7 heteroatoms. The number of nitrogens with zero attached hydrogens (tertiary/aromatic N) is 1. The van der Waals surface area contributed by atoms with Crippen LogP contribution in [0.25, 0.3) is 0 Å². The van der Waals surface area contributed by atoms with Crippen molar-refractivity contribution < 1.29 is 23.8 Å². The van der Waals surface area contributed by atoms with E-state index in [-0.39, 0.29) is 5.91 Å². The lowest BCUT2D eigenvalue weighted by Crippen LogP contribution is -2.37. The normalized spacial score (nSPS) is 13.5. The molecule has 7 nitrogen and oxygen atoms in total. The third kappa shape index (κ3) is 6.47. The molecule has 172 valence electrons. The van der Waals surface area contributed by atoms with Crippen LogP contribution in [0.5, 0.6) is 5.75 Å². The Morgan fingerprint density at radius 1 is 1.03 bits per heavy atom. The standard InChI is InChI=1S/C25H32N2O5/c1-3-5-14-31-21-8-6-7-19(17-21)24(28)26-20-9-10-23(27-11-15-30-16-12-27)22(18-20)25(29)32-13-4-2/h6-10,17-18H,3-5,11-16H2,1-2H3,(H,26,28). The summed E-state index contributed by atoms with van der Waals surface area (Å²) in [6, 6.07) is 12.4. The van der Waals surface area contributed by atoms with E-state index >= 15 is 0 Å². The van der Waals surface area contributed by atoms with Crippen LogP contribution in [0.1, 0.15) is 53.8 Å². The zero-order valence-corrected chi connectivity index (χ0v) is 18.9. The summed E-state index contributed by atoms with van der Waals surface area (Å²) in [4.78, 5) is 27.7. The largest absolute Gasteiger partial charge is 0.494 e. The second kappa shape index (κ2) is 12.1. The van der Waals surface area contributed by atoms with Crippen molar-refractivity contribution in [2.75, 3.05) is 49.7 Å². The molecule has 0 aromatic heterocycles. The minimum absolute atomic E-state index is 0.266. The van der Waals surface area contributed by atoms with Gasteiger partial charge in [-0.15, -0.1) is 0 Å². The number of morpholine rings is 1. The Bertz CT molecular complexity index is 909. The molecule has 3 rings (SSSR count). The quantitative estimate of drug-likeness (QED) is 0.432. The molecule has 2 aromatic rings. The highest BCUT2D eigenvalue weighted by molar-refractivity contribution is 6.05. The van der Waals surface area contributed by atoms with Gasteiger partial charge in [-0.05, 0) is 49.2 Å². The van der Waals surface area contributed by atoms with Crippen LogP contribution in [0, 0.1) is 0 Å². The maximum absolute atomic E-state index is 12.8. The minimum Gasteiger partial charge on any atom is -0.494 e. The van der Waals surface area contributed by atoms with E-state index in [0.717, 1.165) is 24.9 Å². The topological polar surface area (TPSA) is 77.1 Å². The Hall–Kier alpha value is -3.06. The first kappa shape index (κ1) is 23.6. The second-order valence-corrected chi connectivity index (χ2v) is 7.65. The number of amides is 1. The number of esters is 1. The molecular formula is C25H32N2O5. The lowest BCUT2D eigenvalue weighted by molar-refractivity contribution is 0.0504. The summed E-state index contributed by atoms with van der Waals surface area (Å²) in [5.74, 6) is 0.00583. The van der Waals surface area contributed by atoms with E-state index in [9.17, 15) is 9.59 Å². The molecule has 1 heterocycles. The summed E-state index contributed by atoms with van der Waals surface area (Å²) in [7, 11) is 0. The summed E-state index contributed by atoms with van der Waals surface area (Å²) in [5, 5.41) is 2.89. The SMILES string of the molecule is CCCCOc1cccc(C(=O)Nc2ccc(N3CCOCC3)c(C(=O)OCCC)c2)c1. The van der Waals surface area contributed by atoms with Gasteiger partial charge in [0.25, 0.3) is 5.91 Å². The highest BCUT2D eigenvalue weighted by Gasteiger charge is 2.21. The number of hydrogen-bond donors (Lipinski definition) is 1.